The Balaban J connectivity index is 1.74. The normalized spacial score (nSPS) is 20.2. The molecule has 1 aliphatic rings. The number of benzene rings is 3. The third-order valence-electron chi connectivity index (χ3n) is 4.23. The SMILES string of the molecule is Clc1ccc([C@@H]2OCc3ccccc3[C@H](c3ccccc3)O2)cc1. The highest BCUT2D eigenvalue weighted by atomic mass is 35.5. The third-order valence-corrected chi connectivity index (χ3v) is 4.48. The number of halogens is 1. The molecular formula is C21H17ClO2. The van der Waals surface area contributed by atoms with Crippen LogP contribution in [0.15, 0.2) is 78.9 Å². The lowest BCUT2D eigenvalue weighted by molar-refractivity contribution is -0.166. The molecule has 0 saturated heterocycles. The Morgan fingerprint density at radius 1 is 0.750 bits per heavy atom. The van der Waals surface area contributed by atoms with Gasteiger partial charge in [0.1, 0.15) is 6.10 Å². The van der Waals surface area contributed by atoms with E-state index in [1.54, 1.807) is 0 Å². The number of hydrogen-bond acceptors (Lipinski definition) is 2. The van der Waals surface area contributed by atoms with E-state index in [9.17, 15) is 0 Å². The standard InChI is InChI=1S/C21H17ClO2/c22-18-12-10-16(11-13-18)21-23-14-17-8-4-5-9-19(17)20(24-21)15-6-2-1-3-7-15/h1-13,20-21H,14H2/t20-,21+/m0/s1. The van der Waals surface area contributed by atoms with Gasteiger partial charge in [0, 0.05) is 10.6 Å². The summed E-state index contributed by atoms with van der Waals surface area (Å²) in [6, 6.07) is 26.2. The second-order valence-electron chi connectivity index (χ2n) is 5.82. The second-order valence-corrected chi connectivity index (χ2v) is 6.26. The highest BCUT2D eigenvalue weighted by Gasteiger charge is 2.27. The Morgan fingerprint density at radius 2 is 1.46 bits per heavy atom. The van der Waals surface area contributed by atoms with Crippen molar-refractivity contribution < 1.29 is 9.47 Å². The average Bonchev–Trinajstić information content (AvgIpc) is 2.83. The Kier molecular flexibility index (Phi) is 4.35. The number of ether oxygens (including phenoxy) is 2. The molecule has 3 heteroatoms. The first-order chi connectivity index (χ1) is 11.8. The van der Waals surface area contributed by atoms with E-state index in [0.717, 1.165) is 22.3 Å². The second kappa shape index (κ2) is 6.78. The number of rotatable bonds is 2. The van der Waals surface area contributed by atoms with Crippen molar-refractivity contribution in [2.45, 2.75) is 19.0 Å². The van der Waals surface area contributed by atoms with Gasteiger partial charge < -0.3 is 9.47 Å². The first kappa shape index (κ1) is 15.4. The molecule has 2 atom stereocenters. The maximum atomic E-state index is 6.38. The van der Waals surface area contributed by atoms with Gasteiger partial charge in [0.25, 0.3) is 0 Å². The van der Waals surface area contributed by atoms with Gasteiger partial charge in [-0.05, 0) is 28.8 Å². The number of hydrogen-bond donors (Lipinski definition) is 0. The van der Waals surface area contributed by atoms with E-state index in [1.165, 1.54) is 0 Å². The molecule has 4 rings (SSSR count). The highest BCUT2D eigenvalue weighted by Crippen LogP contribution is 2.38. The molecule has 0 amide bonds. The lowest BCUT2D eigenvalue weighted by atomic mass is 9.97. The first-order valence-electron chi connectivity index (χ1n) is 7.96. The van der Waals surface area contributed by atoms with Crippen LogP contribution in [-0.4, -0.2) is 0 Å². The average molecular weight is 337 g/mol. The van der Waals surface area contributed by atoms with E-state index in [2.05, 4.69) is 24.3 Å². The van der Waals surface area contributed by atoms with Crippen molar-refractivity contribution in [2.75, 3.05) is 0 Å². The summed E-state index contributed by atoms with van der Waals surface area (Å²) in [7, 11) is 0. The van der Waals surface area contributed by atoms with Crippen LogP contribution in [0.25, 0.3) is 0 Å². The van der Waals surface area contributed by atoms with Crippen LogP contribution in [0.4, 0.5) is 0 Å². The van der Waals surface area contributed by atoms with Crippen molar-refractivity contribution in [1.82, 2.24) is 0 Å². The van der Waals surface area contributed by atoms with E-state index in [1.807, 2.05) is 54.6 Å². The Bertz CT molecular complexity index is 815. The molecule has 2 nitrogen and oxygen atoms in total. The maximum Gasteiger partial charge on any atom is 0.185 e. The molecule has 0 saturated carbocycles. The lowest BCUT2D eigenvalue weighted by Gasteiger charge is -2.23. The van der Waals surface area contributed by atoms with Crippen LogP contribution in [-0.2, 0) is 16.1 Å². The fourth-order valence-electron chi connectivity index (χ4n) is 3.00. The zero-order chi connectivity index (χ0) is 16.4. The molecule has 0 aliphatic carbocycles. The van der Waals surface area contributed by atoms with Crippen molar-refractivity contribution in [2.24, 2.45) is 0 Å². The van der Waals surface area contributed by atoms with E-state index in [4.69, 9.17) is 21.1 Å². The maximum absolute atomic E-state index is 6.38. The molecule has 1 aliphatic heterocycles. The summed E-state index contributed by atoms with van der Waals surface area (Å²) < 4.78 is 12.4. The van der Waals surface area contributed by atoms with Crippen molar-refractivity contribution >= 4 is 11.6 Å². The molecule has 0 aromatic heterocycles. The molecule has 120 valence electrons. The Morgan fingerprint density at radius 3 is 2.25 bits per heavy atom. The molecule has 0 spiro atoms. The van der Waals surface area contributed by atoms with E-state index in [-0.39, 0.29) is 6.10 Å². The largest absolute Gasteiger partial charge is 0.344 e. The van der Waals surface area contributed by atoms with Crippen molar-refractivity contribution in [3.05, 3.63) is 106 Å². The molecule has 0 bridgehead atoms. The molecule has 0 unspecified atom stereocenters. The number of fused-ring (bicyclic) bond motifs is 1. The fraction of sp³-hybridized carbons (Fsp3) is 0.143. The van der Waals surface area contributed by atoms with Crippen LogP contribution in [0, 0.1) is 0 Å². The fourth-order valence-corrected chi connectivity index (χ4v) is 3.13. The molecule has 0 N–H and O–H groups in total. The molecule has 24 heavy (non-hydrogen) atoms. The summed E-state index contributed by atoms with van der Waals surface area (Å²) in [4.78, 5) is 0. The van der Waals surface area contributed by atoms with Crippen molar-refractivity contribution in [3.63, 3.8) is 0 Å². The lowest BCUT2D eigenvalue weighted by Crippen LogP contribution is -2.11. The molecule has 3 aromatic rings. The van der Waals surface area contributed by atoms with Gasteiger partial charge in [0.05, 0.1) is 6.61 Å². The van der Waals surface area contributed by atoms with E-state index < -0.39 is 6.29 Å². The van der Waals surface area contributed by atoms with Gasteiger partial charge in [-0.1, -0.05) is 78.3 Å². The van der Waals surface area contributed by atoms with Crippen LogP contribution in [0.5, 0.6) is 0 Å². The predicted octanol–water partition coefficient (Wildman–Crippen LogP) is 5.68. The summed E-state index contributed by atoms with van der Waals surface area (Å²) in [5, 5.41) is 0.704. The van der Waals surface area contributed by atoms with Gasteiger partial charge in [0.2, 0.25) is 0 Å². The first-order valence-corrected chi connectivity index (χ1v) is 8.34. The summed E-state index contributed by atoms with van der Waals surface area (Å²) >= 11 is 6.00. The van der Waals surface area contributed by atoms with Crippen LogP contribution < -0.4 is 0 Å². The van der Waals surface area contributed by atoms with Crippen molar-refractivity contribution in [3.8, 4) is 0 Å². The van der Waals surface area contributed by atoms with Gasteiger partial charge >= 0.3 is 0 Å². The molecule has 0 fully saturated rings. The zero-order valence-corrected chi connectivity index (χ0v) is 13.8. The highest BCUT2D eigenvalue weighted by molar-refractivity contribution is 6.30. The van der Waals surface area contributed by atoms with Crippen LogP contribution in [0.2, 0.25) is 5.02 Å². The van der Waals surface area contributed by atoms with Crippen LogP contribution in [0.1, 0.15) is 34.6 Å². The van der Waals surface area contributed by atoms with Gasteiger partial charge in [-0.25, -0.2) is 0 Å². The van der Waals surface area contributed by atoms with Crippen molar-refractivity contribution in [1.29, 1.82) is 0 Å². The van der Waals surface area contributed by atoms with E-state index in [0.29, 0.717) is 11.6 Å². The monoisotopic (exact) mass is 336 g/mol. The molecular weight excluding hydrogens is 320 g/mol. The molecule has 3 aromatic carbocycles. The third kappa shape index (κ3) is 3.09. The minimum Gasteiger partial charge on any atom is -0.344 e. The predicted molar refractivity (Wildman–Crippen MR) is 94.8 cm³/mol. The quantitative estimate of drug-likeness (QED) is 0.599. The Hall–Kier alpha value is -2.13. The smallest absolute Gasteiger partial charge is 0.185 e. The van der Waals surface area contributed by atoms with Crippen LogP contribution in [0.3, 0.4) is 0 Å². The van der Waals surface area contributed by atoms with Crippen LogP contribution >= 0.6 is 11.6 Å². The summed E-state index contributed by atoms with van der Waals surface area (Å²) in [6.45, 7) is 0.521. The van der Waals surface area contributed by atoms with Gasteiger partial charge in [-0.3, -0.25) is 0 Å². The van der Waals surface area contributed by atoms with Gasteiger partial charge in [0.15, 0.2) is 6.29 Å². The summed E-state index contributed by atoms with van der Waals surface area (Å²) in [6.07, 6.45) is -0.592. The summed E-state index contributed by atoms with van der Waals surface area (Å²) in [5.41, 5.74) is 4.39. The zero-order valence-electron chi connectivity index (χ0n) is 13.1. The van der Waals surface area contributed by atoms with Gasteiger partial charge in [-0.15, -0.1) is 0 Å². The van der Waals surface area contributed by atoms with E-state index >= 15 is 0 Å². The summed E-state index contributed by atoms with van der Waals surface area (Å²) in [5.74, 6) is 0. The molecule has 1 heterocycles. The minimum absolute atomic E-state index is 0.162. The van der Waals surface area contributed by atoms with Gasteiger partial charge in [-0.2, -0.15) is 0 Å². The topological polar surface area (TPSA) is 18.5 Å². The minimum atomic E-state index is -0.431. The Labute approximate surface area is 146 Å². The molecule has 0 radical (unpaired) electrons.